The largest absolute Gasteiger partial charge is 0.437 e. The van der Waals surface area contributed by atoms with Crippen LogP contribution in [0.25, 0.3) is 0 Å². The number of hydrogen-bond donors (Lipinski definition) is 2. The van der Waals surface area contributed by atoms with Gasteiger partial charge in [0.2, 0.25) is 7.83 Å². The average Bonchev–Trinajstić information content (AvgIpc) is 2.91. The third-order valence-corrected chi connectivity index (χ3v) is 52.2. The lowest BCUT2D eigenvalue weighted by Crippen LogP contribution is -2.71. The van der Waals surface area contributed by atoms with Crippen molar-refractivity contribution in [2.75, 3.05) is 52.1 Å². The number of rotatable bonds is 31. The lowest BCUT2D eigenvalue weighted by atomic mass is 10.5. The summed E-state index contributed by atoms with van der Waals surface area (Å²) in [6.07, 6.45) is 3.12. The Labute approximate surface area is 332 Å². The van der Waals surface area contributed by atoms with E-state index in [1.54, 1.807) is 0 Å². The molecule has 21 heteroatoms. The van der Waals surface area contributed by atoms with Crippen molar-refractivity contribution in [3.8, 4) is 0 Å². The van der Waals surface area contributed by atoms with Crippen molar-refractivity contribution in [3.05, 3.63) is 0 Å². The SMILES string of the molecule is C[SiH](C)CO[Si](C)(C[Si](C)(OC[SiH](C)C)[Si](C)(CCCOCCO)O[Si](C)(C)O[Si](C)(C)C)O[Si](C)(CCCOCCO)O[Si](C)(C)O[Si](C)(C)C. The fourth-order valence-electron chi connectivity index (χ4n) is 6.74. The van der Waals surface area contributed by atoms with Crippen molar-refractivity contribution in [2.45, 2.75) is 148 Å². The molecule has 0 rings (SSSR count). The van der Waals surface area contributed by atoms with Crippen LogP contribution in [-0.2, 0) is 38.9 Å². The van der Waals surface area contributed by atoms with Gasteiger partial charge < -0.3 is 49.1 Å². The van der Waals surface area contributed by atoms with Crippen LogP contribution in [0.2, 0.25) is 136 Å². The van der Waals surface area contributed by atoms with Gasteiger partial charge in [-0.2, -0.15) is 0 Å². The monoisotopic (exact) mass is 912 g/mol. The zero-order valence-corrected chi connectivity index (χ0v) is 47.2. The minimum absolute atomic E-state index is 0.00693. The molecule has 314 valence electrons. The van der Waals surface area contributed by atoms with Gasteiger partial charge in [-0.3, -0.25) is 0 Å². The highest BCUT2D eigenvalue weighted by Crippen LogP contribution is 2.39. The van der Waals surface area contributed by atoms with Crippen LogP contribution < -0.4 is 0 Å². The fraction of sp³-hybridized carbons (Fsp3) is 1.00. The normalized spacial score (nSPS) is 18.3. The van der Waals surface area contributed by atoms with Gasteiger partial charge in [-0.05, 0) is 117 Å². The summed E-state index contributed by atoms with van der Waals surface area (Å²) in [5.74, 6) is 0. The first-order chi connectivity index (χ1) is 23.4. The Bertz CT molecular complexity index is 990. The zero-order chi connectivity index (χ0) is 40.7. The second kappa shape index (κ2) is 23.4. The second-order valence-electron chi connectivity index (χ2n) is 18.7. The molecule has 4 atom stereocenters. The highest BCUT2D eigenvalue weighted by Gasteiger charge is 2.60. The van der Waals surface area contributed by atoms with Gasteiger partial charge in [0.25, 0.3) is 0 Å². The molecule has 0 saturated heterocycles. The first-order valence-corrected chi connectivity index (χ1v) is 49.6. The van der Waals surface area contributed by atoms with Gasteiger partial charge in [0.1, 0.15) is 0 Å². The molecule has 0 heterocycles. The molecule has 0 aromatic carbocycles. The Morgan fingerprint density at radius 1 is 0.442 bits per heavy atom. The topological polar surface area (TPSA) is 124 Å². The van der Waals surface area contributed by atoms with Gasteiger partial charge in [0.05, 0.1) is 44.0 Å². The molecule has 0 aliphatic heterocycles. The summed E-state index contributed by atoms with van der Waals surface area (Å²) in [5.41, 5.74) is 0.754. The molecule has 0 aromatic heterocycles. The molecule has 0 aromatic rings. The van der Waals surface area contributed by atoms with E-state index in [4.69, 9.17) is 38.9 Å². The summed E-state index contributed by atoms with van der Waals surface area (Å²) < 4.78 is 61.9. The van der Waals surface area contributed by atoms with Crippen molar-refractivity contribution >= 4 is 84.1 Å². The van der Waals surface area contributed by atoms with Gasteiger partial charge in [-0.15, -0.1) is 0 Å². The van der Waals surface area contributed by atoms with E-state index >= 15 is 0 Å². The minimum atomic E-state index is -2.99. The van der Waals surface area contributed by atoms with E-state index in [1.807, 2.05) is 0 Å². The number of ether oxygens (including phenoxy) is 2. The number of hydrogen-bond acceptors (Lipinski definition) is 11. The van der Waals surface area contributed by atoms with Crippen LogP contribution in [-0.4, -0.2) is 146 Å². The molecule has 0 amide bonds. The van der Waals surface area contributed by atoms with Crippen molar-refractivity contribution in [1.82, 2.24) is 0 Å². The van der Waals surface area contributed by atoms with Crippen LogP contribution in [0.15, 0.2) is 0 Å². The summed E-state index contributed by atoms with van der Waals surface area (Å²) in [7, 11) is -22.4. The third kappa shape index (κ3) is 23.8. The first kappa shape index (κ1) is 53.7. The molecular weight excluding hydrogens is 829 g/mol. The Morgan fingerprint density at radius 2 is 0.865 bits per heavy atom. The van der Waals surface area contributed by atoms with Gasteiger partial charge >= 0.3 is 34.2 Å². The Hall–Kier alpha value is 1.73. The van der Waals surface area contributed by atoms with Crippen molar-refractivity contribution < 1.29 is 49.1 Å². The summed E-state index contributed by atoms with van der Waals surface area (Å²) in [6.45, 7) is 42.5. The molecular formula is C31H84O11Si10. The van der Waals surface area contributed by atoms with Crippen LogP contribution in [0.5, 0.6) is 0 Å². The molecule has 0 aliphatic carbocycles. The third-order valence-electron chi connectivity index (χ3n) is 8.04. The van der Waals surface area contributed by atoms with Gasteiger partial charge in [-0.1, -0.05) is 26.2 Å². The molecule has 52 heavy (non-hydrogen) atoms. The standard InChI is InChI=1S/C31H84O11Si10/c1-43(2)29-36-50(16,42-49(15,27-19-23-34-25-21-32)40-47(11,12)38-45(5,6)7)31-52(18,37-30-44(3)4)51(17,28-20-24-35-26-22-33)41-48(13,14)39-46(8,9)10/h32-33,43-44H,19-31H2,1-18H3. The van der Waals surface area contributed by atoms with Crippen LogP contribution in [0.1, 0.15) is 12.8 Å². The minimum Gasteiger partial charge on any atom is -0.437 e. The van der Waals surface area contributed by atoms with Crippen molar-refractivity contribution in [2.24, 2.45) is 0 Å². The molecule has 0 spiro atoms. The molecule has 0 aliphatic rings. The van der Waals surface area contributed by atoms with Gasteiger partial charge in [0, 0.05) is 31.3 Å². The highest BCUT2D eigenvalue weighted by atomic mass is 29.3. The first-order valence-electron chi connectivity index (χ1n) is 19.6. The summed E-state index contributed by atoms with van der Waals surface area (Å²) >= 11 is 0. The molecule has 2 N–H and O–H groups in total. The molecule has 0 bridgehead atoms. The predicted molar refractivity (Wildman–Crippen MR) is 243 cm³/mol. The van der Waals surface area contributed by atoms with Crippen LogP contribution in [0.4, 0.5) is 0 Å². The van der Waals surface area contributed by atoms with Crippen LogP contribution >= 0.6 is 0 Å². The van der Waals surface area contributed by atoms with Crippen molar-refractivity contribution in [1.29, 1.82) is 0 Å². The molecule has 4 unspecified atom stereocenters. The fourth-order valence-corrected chi connectivity index (χ4v) is 65.0. The van der Waals surface area contributed by atoms with Crippen LogP contribution in [0.3, 0.4) is 0 Å². The lowest BCUT2D eigenvalue weighted by molar-refractivity contribution is 0.0917. The van der Waals surface area contributed by atoms with E-state index in [9.17, 15) is 10.2 Å². The quantitative estimate of drug-likeness (QED) is 0.0556. The van der Waals surface area contributed by atoms with E-state index in [2.05, 4.69) is 118 Å². The second-order valence-corrected chi connectivity index (χ2v) is 61.9. The molecule has 0 fully saturated rings. The van der Waals surface area contributed by atoms with E-state index in [0.717, 1.165) is 43.1 Å². The summed E-state index contributed by atoms with van der Waals surface area (Å²) in [4.78, 5) is 0. The van der Waals surface area contributed by atoms with Crippen LogP contribution in [0, 0.1) is 0 Å². The van der Waals surface area contributed by atoms with Crippen molar-refractivity contribution in [3.63, 3.8) is 0 Å². The maximum absolute atomic E-state index is 9.36. The Kier molecular flexibility index (Phi) is 24.1. The average molecular weight is 914 g/mol. The van der Waals surface area contributed by atoms with E-state index in [-0.39, 0.29) is 13.2 Å². The Morgan fingerprint density at radius 3 is 1.29 bits per heavy atom. The summed E-state index contributed by atoms with van der Waals surface area (Å²) in [6, 6.07) is 1.62. The van der Waals surface area contributed by atoms with E-state index in [1.165, 1.54) is 0 Å². The number of aliphatic hydroxyl groups excluding tert-OH is 2. The van der Waals surface area contributed by atoms with E-state index in [0.29, 0.717) is 26.4 Å². The molecule has 0 saturated carbocycles. The smallest absolute Gasteiger partial charge is 0.325 e. The van der Waals surface area contributed by atoms with Gasteiger partial charge in [0.15, 0.2) is 24.5 Å². The predicted octanol–water partition coefficient (Wildman–Crippen LogP) is 6.94. The highest BCUT2D eigenvalue weighted by molar-refractivity contribution is 7.39. The maximum Gasteiger partial charge on any atom is 0.325 e. The molecule has 11 nitrogen and oxygen atoms in total. The van der Waals surface area contributed by atoms with E-state index < -0.39 is 84.1 Å². The zero-order valence-electron chi connectivity index (χ0n) is 36.9. The molecule has 0 radical (unpaired) electrons. The Balaban J connectivity index is 7.26. The maximum atomic E-state index is 9.36. The summed E-state index contributed by atoms with van der Waals surface area (Å²) in [5, 5.41) is 18.7. The number of aliphatic hydroxyl groups is 2. The van der Waals surface area contributed by atoms with Gasteiger partial charge in [-0.25, -0.2) is 0 Å². The lowest BCUT2D eigenvalue weighted by Gasteiger charge is -2.50.